The molecule has 0 heterocycles. The van der Waals surface area contributed by atoms with Crippen LogP contribution in [0.5, 0.6) is 0 Å². The highest BCUT2D eigenvalue weighted by Crippen LogP contribution is 2.30. The number of nitrogens with one attached hydrogen (secondary N) is 2. The van der Waals surface area contributed by atoms with E-state index in [2.05, 4.69) is 22.8 Å². The van der Waals surface area contributed by atoms with Gasteiger partial charge in [0.25, 0.3) is 0 Å². The molecule has 0 saturated heterocycles. The number of ether oxygens (including phenoxy) is 1. The number of amides is 2. The van der Waals surface area contributed by atoms with Crippen molar-refractivity contribution in [3.8, 4) is 0 Å². The lowest BCUT2D eigenvalue weighted by molar-refractivity contribution is -0.127. The first kappa shape index (κ1) is 29.3. The molecule has 0 fully saturated rings. The smallest absolute Gasteiger partial charge is 0.407 e. The lowest BCUT2D eigenvalue weighted by atomic mass is 9.85. The summed E-state index contributed by atoms with van der Waals surface area (Å²) in [4.78, 5) is 26.5. The molecule has 212 valence electrons. The molecule has 0 radical (unpaired) electrons. The highest BCUT2D eigenvalue weighted by atomic mass is 16.6. The van der Waals surface area contributed by atoms with Gasteiger partial charge in [-0.3, -0.25) is 4.79 Å². The zero-order valence-electron chi connectivity index (χ0n) is 23.8. The second kappa shape index (κ2) is 13.6. The van der Waals surface area contributed by atoms with E-state index in [0.29, 0.717) is 12.8 Å². The van der Waals surface area contributed by atoms with Gasteiger partial charge in [0.05, 0.1) is 18.2 Å². The van der Waals surface area contributed by atoms with Crippen LogP contribution in [0.25, 0.3) is 0 Å². The van der Waals surface area contributed by atoms with Crippen LogP contribution in [0.2, 0.25) is 0 Å². The average Bonchev–Trinajstić information content (AvgIpc) is 2.92. The van der Waals surface area contributed by atoms with E-state index in [4.69, 9.17) is 4.74 Å². The van der Waals surface area contributed by atoms with Crippen molar-refractivity contribution in [1.82, 2.24) is 10.6 Å². The molecule has 0 aromatic heterocycles. The van der Waals surface area contributed by atoms with Gasteiger partial charge in [-0.2, -0.15) is 0 Å². The zero-order chi connectivity index (χ0) is 28.5. The van der Waals surface area contributed by atoms with Crippen LogP contribution in [0.1, 0.15) is 68.3 Å². The van der Waals surface area contributed by atoms with Gasteiger partial charge in [-0.15, -0.1) is 0 Å². The highest BCUT2D eigenvalue weighted by molar-refractivity contribution is 5.79. The fraction of sp³-hybridized carbons (Fsp3) is 0.412. The van der Waals surface area contributed by atoms with Crippen molar-refractivity contribution in [2.45, 2.75) is 83.1 Å². The molecule has 0 unspecified atom stereocenters. The van der Waals surface area contributed by atoms with E-state index in [9.17, 15) is 14.7 Å². The van der Waals surface area contributed by atoms with Gasteiger partial charge >= 0.3 is 6.09 Å². The van der Waals surface area contributed by atoms with Crippen LogP contribution >= 0.6 is 0 Å². The maximum Gasteiger partial charge on any atom is 0.407 e. The molecule has 3 N–H and O–H groups in total. The second-order valence-corrected chi connectivity index (χ2v) is 11.8. The average molecular weight is 543 g/mol. The Bertz CT molecular complexity index is 1240. The van der Waals surface area contributed by atoms with Gasteiger partial charge in [0, 0.05) is 5.92 Å². The molecule has 4 rings (SSSR count). The van der Waals surface area contributed by atoms with E-state index >= 15 is 0 Å². The Morgan fingerprint density at radius 1 is 0.900 bits per heavy atom. The summed E-state index contributed by atoms with van der Waals surface area (Å²) in [6.45, 7) is 5.41. The molecule has 3 aromatic carbocycles. The number of alkyl carbamates (subject to hydrolysis) is 1. The second-order valence-electron chi connectivity index (χ2n) is 11.8. The molecule has 1 aliphatic carbocycles. The number of carbonyl (C=O) groups excluding carboxylic acids is 2. The summed E-state index contributed by atoms with van der Waals surface area (Å²) in [6.07, 6.45) is 2.47. The van der Waals surface area contributed by atoms with Gasteiger partial charge in [-0.05, 0) is 81.5 Å². The van der Waals surface area contributed by atoms with E-state index in [1.165, 1.54) is 11.1 Å². The summed E-state index contributed by atoms with van der Waals surface area (Å²) in [5.41, 5.74) is 3.79. The largest absolute Gasteiger partial charge is 0.444 e. The topological polar surface area (TPSA) is 87.7 Å². The Morgan fingerprint density at radius 2 is 1.50 bits per heavy atom. The summed E-state index contributed by atoms with van der Waals surface area (Å²) in [5, 5.41) is 17.7. The van der Waals surface area contributed by atoms with E-state index in [1.54, 1.807) is 20.8 Å². The molecule has 4 atom stereocenters. The van der Waals surface area contributed by atoms with E-state index in [1.807, 2.05) is 72.8 Å². The summed E-state index contributed by atoms with van der Waals surface area (Å²) in [6, 6.07) is 27.2. The SMILES string of the molecule is CC(C)(C)OC(=O)N[C@@H](Cc1ccccc1)[C@@H](O)C[C@@H](Cc1ccccc1)C(=O)N[C@H]1CCCc2ccccc21. The van der Waals surface area contributed by atoms with Crippen LogP contribution in [0, 0.1) is 5.92 Å². The molecule has 6 nitrogen and oxygen atoms in total. The highest BCUT2D eigenvalue weighted by Gasteiger charge is 2.31. The molecule has 2 amide bonds. The van der Waals surface area contributed by atoms with Crippen LogP contribution in [-0.4, -0.2) is 34.9 Å². The summed E-state index contributed by atoms with van der Waals surface area (Å²) in [5.74, 6) is -0.564. The van der Waals surface area contributed by atoms with E-state index < -0.39 is 29.8 Å². The van der Waals surface area contributed by atoms with Gasteiger partial charge in [0.2, 0.25) is 5.91 Å². The standard InChI is InChI=1S/C34H42N2O4/c1-34(2,3)40-33(39)36-30(22-25-15-8-5-9-16-25)31(37)23-27(21-24-13-6-4-7-14-24)32(38)35-29-20-12-18-26-17-10-11-19-28(26)29/h4-11,13-17,19,27,29-31,37H,12,18,20-23H2,1-3H3,(H,35,38)(H,36,39)/t27-,29+,30+,31+/m1/s1. The summed E-state index contributed by atoms with van der Waals surface area (Å²) in [7, 11) is 0. The molecule has 0 aliphatic heterocycles. The molecule has 3 aromatic rings. The van der Waals surface area contributed by atoms with Crippen LogP contribution < -0.4 is 10.6 Å². The predicted octanol–water partition coefficient (Wildman–Crippen LogP) is 5.93. The Hall–Kier alpha value is -3.64. The Kier molecular flexibility index (Phi) is 9.99. The van der Waals surface area contributed by atoms with Crippen molar-refractivity contribution in [3.63, 3.8) is 0 Å². The Labute approximate surface area is 238 Å². The van der Waals surface area contributed by atoms with Crippen molar-refractivity contribution >= 4 is 12.0 Å². The molecular formula is C34H42N2O4. The Morgan fingerprint density at radius 3 is 2.15 bits per heavy atom. The minimum atomic E-state index is -0.967. The lowest BCUT2D eigenvalue weighted by Gasteiger charge is -2.31. The number of aliphatic hydroxyl groups excluding tert-OH is 1. The number of aliphatic hydroxyl groups is 1. The number of hydrogen-bond acceptors (Lipinski definition) is 4. The predicted molar refractivity (Wildman–Crippen MR) is 158 cm³/mol. The third-order valence-corrected chi connectivity index (χ3v) is 7.37. The summed E-state index contributed by atoms with van der Waals surface area (Å²) < 4.78 is 5.50. The number of aryl methyl sites for hydroxylation is 1. The quantitative estimate of drug-likeness (QED) is 0.297. The molecule has 0 saturated carbocycles. The Balaban J connectivity index is 1.54. The molecule has 0 spiro atoms. The first-order chi connectivity index (χ1) is 19.2. The van der Waals surface area contributed by atoms with Gasteiger partial charge in [-0.25, -0.2) is 4.79 Å². The molecule has 0 bridgehead atoms. The minimum absolute atomic E-state index is 0.0483. The third kappa shape index (κ3) is 8.68. The van der Waals surface area contributed by atoms with Crippen molar-refractivity contribution in [2.24, 2.45) is 5.92 Å². The lowest BCUT2D eigenvalue weighted by Crippen LogP contribution is -2.48. The fourth-order valence-electron chi connectivity index (χ4n) is 5.44. The van der Waals surface area contributed by atoms with Crippen molar-refractivity contribution in [1.29, 1.82) is 0 Å². The van der Waals surface area contributed by atoms with Crippen molar-refractivity contribution in [2.75, 3.05) is 0 Å². The first-order valence-corrected chi connectivity index (χ1v) is 14.3. The number of carbonyl (C=O) groups is 2. The maximum absolute atomic E-state index is 13.8. The van der Waals surface area contributed by atoms with E-state index in [-0.39, 0.29) is 18.4 Å². The van der Waals surface area contributed by atoms with Gasteiger partial charge in [0.1, 0.15) is 5.60 Å². The van der Waals surface area contributed by atoms with Gasteiger partial charge < -0.3 is 20.5 Å². The molecule has 40 heavy (non-hydrogen) atoms. The van der Waals surface area contributed by atoms with Crippen molar-refractivity contribution in [3.05, 3.63) is 107 Å². The normalized spacial score (nSPS) is 17.1. The zero-order valence-corrected chi connectivity index (χ0v) is 23.8. The van der Waals surface area contributed by atoms with Crippen LogP contribution in [0.4, 0.5) is 4.79 Å². The molecule has 1 aliphatic rings. The number of fused-ring (bicyclic) bond motifs is 1. The van der Waals surface area contributed by atoms with Crippen LogP contribution in [0.3, 0.4) is 0 Å². The number of rotatable bonds is 10. The minimum Gasteiger partial charge on any atom is -0.444 e. The van der Waals surface area contributed by atoms with Gasteiger partial charge in [-0.1, -0.05) is 84.9 Å². The third-order valence-electron chi connectivity index (χ3n) is 7.37. The van der Waals surface area contributed by atoms with E-state index in [0.717, 1.165) is 30.4 Å². The van der Waals surface area contributed by atoms with Gasteiger partial charge in [0.15, 0.2) is 0 Å². The summed E-state index contributed by atoms with van der Waals surface area (Å²) >= 11 is 0. The monoisotopic (exact) mass is 542 g/mol. The van der Waals surface area contributed by atoms with Crippen molar-refractivity contribution < 1.29 is 19.4 Å². The van der Waals surface area contributed by atoms with Crippen LogP contribution in [-0.2, 0) is 28.8 Å². The number of benzene rings is 3. The number of hydrogen-bond donors (Lipinski definition) is 3. The van der Waals surface area contributed by atoms with Crippen LogP contribution in [0.15, 0.2) is 84.9 Å². The molecule has 6 heteroatoms. The first-order valence-electron chi connectivity index (χ1n) is 14.3. The maximum atomic E-state index is 13.8. The molecular weight excluding hydrogens is 500 g/mol. The fourth-order valence-corrected chi connectivity index (χ4v) is 5.44.